The third kappa shape index (κ3) is 2.91. The number of amides is 1. The summed E-state index contributed by atoms with van der Waals surface area (Å²) in [4.78, 5) is 17.1. The number of nitrogens with zero attached hydrogens (tertiary/aromatic N) is 2. The zero-order valence-corrected chi connectivity index (χ0v) is 11.0. The minimum Gasteiger partial charge on any atom is -0.376 e. The first-order valence-corrected chi connectivity index (χ1v) is 6.24. The Morgan fingerprint density at radius 3 is 3.06 bits per heavy atom. The number of hydrogen-bond acceptors (Lipinski definition) is 4. The van der Waals surface area contributed by atoms with Gasteiger partial charge >= 0.3 is 0 Å². The van der Waals surface area contributed by atoms with Crippen molar-refractivity contribution in [1.82, 2.24) is 4.98 Å². The number of anilines is 1. The number of primary amides is 1. The zero-order chi connectivity index (χ0) is 13.1. The number of likely N-dealkylation sites (N-methyl/N-ethyl adjacent to an activating group) is 1. The highest BCUT2D eigenvalue weighted by atomic mass is 35.5. The van der Waals surface area contributed by atoms with Crippen LogP contribution >= 0.6 is 11.6 Å². The topological polar surface area (TPSA) is 68.4 Å². The van der Waals surface area contributed by atoms with Crippen LogP contribution in [0.1, 0.15) is 23.2 Å². The zero-order valence-electron chi connectivity index (χ0n) is 10.2. The third-order valence-corrected chi connectivity index (χ3v) is 3.25. The van der Waals surface area contributed by atoms with Gasteiger partial charge in [-0.2, -0.15) is 0 Å². The second-order valence-corrected chi connectivity index (χ2v) is 4.82. The molecule has 1 aromatic heterocycles. The van der Waals surface area contributed by atoms with Crippen molar-refractivity contribution in [2.45, 2.75) is 18.9 Å². The molecule has 98 valence electrons. The predicted octanol–water partition coefficient (Wildman–Crippen LogP) is 1.45. The van der Waals surface area contributed by atoms with E-state index in [1.54, 1.807) is 0 Å². The fourth-order valence-corrected chi connectivity index (χ4v) is 2.34. The molecule has 1 atom stereocenters. The Bertz CT molecular complexity index is 447. The first kappa shape index (κ1) is 13.1. The largest absolute Gasteiger partial charge is 0.376 e. The van der Waals surface area contributed by atoms with Crippen LogP contribution in [0.3, 0.4) is 0 Å². The van der Waals surface area contributed by atoms with Gasteiger partial charge in [-0.1, -0.05) is 11.6 Å². The van der Waals surface area contributed by atoms with Crippen molar-refractivity contribution < 1.29 is 9.53 Å². The van der Waals surface area contributed by atoms with Crippen LogP contribution in [0, 0.1) is 0 Å². The Morgan fingerprint density at radius 2 is 2.50 bits per heavy atom. The first-order chi connectivity index (χ1) is 8.58. The van der Waals surface area contributed by atoms with Crippen LogP contribution in [0.2, 0.25) is 5.02 Å². The van der Waals surface area contributed by atoms with Crippen LogP contribution in [0.5, 0.6) is 0 Å². The van der Waals surface area contributed by atoms with E-state index in [9.17, 15) is 4.79 Å². The highest BCUT2D eigenvalue weighted by Crippen LogP contribution is 2.24. The normalized spacial score (nSPS) is 18.9. The molecule has 1 saturated heterocycles. The molecule has 0 spiro atoms. The van der Waals surface area contributed by atoms with E-state index in [-0.39, 0.29) is 6.10 Å². The fourth-order valence-electron chi connectivity index (χ4n) is 2.03. The molecular formula is C12H16ClN3O2. The van der Waals surface area contributed by atoms with Gasteiger partial charge in [0.05, 0.1) is 16.7 Å². The van der Waals surface area contributed by atoms with Crippen molar-refractivity contribution >= 4 is 23.3 Å². The molecule has 1 fully saturated rings. The van der Waals surface area contributed by atoms with Crippen molar-refractivity contribution in [3.05, 3.63) is 22.8 Å². The standard InChI is InChI=1S/C12H16ClN3O2/c1-16(7-9-3-2-4-18-9)12-10(13)5-8(6-15-12)11(14)17/h5-6,9H,2-4,7H2,1H3,(H2,14,17). The maximum atomic E-state index is 11.0. The van der Waals surface area contributed by atoms with E-state index >= 15 is 0 Å². The van der Waals surface area contributed by atoms with Gasteiger partial charge in [-0.3, -0.25) is 4.79 Å². The summed E-state index contributed by atoms with van der Waals surface area (Å²) >= 11 is 6.10. The molecule has 2 N–H and O–H groups in total. The molecule has 18 heavy (non-hydrogen) atoms. The molecule has 0 radical (unpaired) electrons. The molecule has 1 amide bonds. The van der Waals surface area contributed by atoms with Crippen LogP contribution in [0.25, 0.3) is 0 Å². The summed E-state index contributed by atoms with van der Waals surface area (Å²) in [5.41, 5.74) is 5.48. The number of nitrogens with two attached hydrogens (primary N) is 1. The average molecular weight is 270 g/mol. The quantitative estimate of drug-likeness (QED) is 0.898. The van der Waals surface area contributed by atoms with Gasteiger partial charge in [-0.05, 0) is 18.9 Å². The smallest absolute Gasteiger partial charge is 0.250 e. The lowest BCUT2D eigenvalue weighted by molar-refractivity contribution is 0.1000. The first-order valence-electron chi connectivity index (χ1n) is 5.86. The van der Waals surface area contributed by atoms with Crippen LogP contribution in [0.4, 0.5) is 5.82 Å². The van der Waals surface area contributed by atoms with E-state index in [4.69, 9.17) is 22.1 Å². The number of halogens is 1. The molecule has 6 heteroatoms. The van der Waals surface area contributed by atoms with Crippen LogP contribution in [-0.4, -0.2) is 37.2 Å². The molecule has 5 nitrogen and oxygen atoms in total. The van der Waals surface area contributed by atoms with E-state index in [1.165, 1.54) is 12.3 Å². The number of hydrogen-bond donors (Lipinski definition) is 1. The van der Waals surface area contributed by atoms with E-state index in [2.05, 4.69) is 4.98 Å². The maximum absolute atomic E-state index is 11.0. The number of ether oxygens (including phenoxy) is 1. The average Bonchev–Trinajstić information content (AvgIpc) is 2.81. The molecule has 1 unspecified atom stereocenters. The van der Waals surface area contributed by atoms with E-state index in [0.717, 1.165) is 26.0 Å². The highest BCUT2D eigenvalue weighted by molar-refractivity contribution is 6.33. The van der Waals surface area contributed by atoms with Gasteiger partial charge in [-0.15, -0.1) is 0 Å². The Balaban J connectivity index is 2.09. The maximum Gasteiger partial charge on any atom is 0.250 e. The van der Waals surface area contributed by atoms with E-state index in [1.807, 2.05) is 11.9 Å². The van der Waals surface area contributed by atoms with Gasteiger partial charge in [0.25, 0.3) is 0 Å². The Labute approximate surface area is 111 Å². The SMILES string of the molecule is CN(CC1CCCO1)c1ncc(C(N)=O)cc1Cl. The molecule has 0 aromatic carbocycles. The van der Waals surface area contributed by atoms with Gasteiger partial charge in [-0.25, -0.2) is 4.98 Å². The molecule has 1 aliphatic rings. The number of carbonyl (C=O) groups excluding carboxylic acids is 1. The van der Waals surface area contributed by atoms with Crippen LogP contribution in [-0.2, 0) is 4.74 Å². The monoisotopic (exact) mass is 269 g/mol. The molecule has 0 saturated carbocycles. The van der Waals surface area contributed by atoms with Gasteiger partial charge in [0.2, 0.25) is 5.91 Å². The fraction of sp³-hybridized carbons (Fsp3) is 0.500. The van der Waals surface area contributed by atoms with Crippen molar-refractivity contribution in [3.8, 4) is 0 Å². The Morgan fingerprint density at radius 1 is 1.72 bits per heavy atom. The molecule has 0 bridgehead atoms. The van der Waals surface area contributed by atoms with Crippen molar-refractivity contribution in [3.63, 3.8) is 0 Å². The van der Waals surface area contributed by atoms with Gasteiger partial charge < -0.3 is 15.4 Å². The second-order valence-electron chi connectivity index (χ2n) is 4.41. The van der Waals surface area contributed by atoms with E-state index in [0.29, 0.717) is 16.4 Å². The van der Waals surface area contributed by atoms with Gasteiger partial charge in [0, 0.05) is 26.4 Å². The summed E-state index contributed by atoms with van der Waals surface area (Å²) in [6, 6.07) is 1.54. The second kappa shape index (κ2) is 5.54. The molecule has 0 aliphatic carbocycles. The molecule has 1 aliphatic heterocycles. The Hall–Kier alpha value is -1.33. The Kier molecular flexibility index (Phi) is 4.04. The van der Waals surface area contributed by atoms with Crippen LogP contribution < -0.4 is 10.6 Å². The number of rotatable bonds is 4. The predicted molar refractivity (Wildman–Crippen MR) is 70.0 cm³/mol. The molecule has 2 rings (SSSR count). The summed E-state index contributed by atoms with van der Waals surface area (Å²) in [6.07, 6.45) is 3.82. The minimum absolute atomic E-state index is 0.226. The number of pyridine rings is 1. The lowest BCUT2D eigenvalue weighted by Crippen LogP contribution is -2.29. The summed E-state index contributed by atoms with van der Waals surface area (Å²) in [6.45, 7) is 1.56. The van der Waals surface area contributed by atoms with E-state index < -0.39 is 5.91 Å². The number of carbonyl (C=O) groups is 1. The lowest BCUT2D eigenvalue weighted by atomic mass is 10.2. The lowest BCUT2D eigenvalue weighted by Gasteiger charge is -2.22. The molecule has 2 heterocycles. The molecular weight excluding hydrogens is 254 g/mol. The van der Waals surface area contributed by atoms with Gasteiger partial charge in [0.15, 0.2) is 0 Å². The summed E-state index contributed by atoms with van der Waals surface area (Å²) in [5, 5.41) is 0.423. The third-order valence-electron chi connectivity index (χ3n) is 2.97. The highest BCUT2D eigenvalue weighted by Gasteiger charge is 2.19. The van der Waals surface area contributed by atoms with Gasteiger partial charge in [0.1, 0.15) is 5.82 Å². The summed E-state index contributed by atoms with van der Waals surface area (Å²) < 4.78 is 5.56. The summed E-state index contributed by atoms with van der Waals surface area (Å²) in [5.74, 6) is 0.106. The van der Waals surface area contributed by atoms with Crippen molar-refractivity contribution in [2.75, 3.05) is 25.1 Å². The minimum atomic E-state index is -0.530. The van der Waals surface area contributed by atoms with Crippen LogP contribution in [0.15, 0.2) is 12.3 Å². The van der Waals surface area contributed by atoms with Crippen molar-refractivity contribution in [1.29, 1.82) is 0 Å². The summed E-state index contributed by atoms with van der Waals surface area (Å²) in [7, 11) is 1.90. The van der Waals surface area contributed by atoms with Crippen molar-refractivity contribution in [2.24, 2.45) is 5.73 Å². The number of aromatic nitrogens is 1. The molecule has 1 aromatic rings.